The molecule has 2 atom stereocenters. The highest BCUT2D eigenvalue weighted by molar-refractivity contribution is 6.30. The van der Waals surface area contributed by atoms with Gasteiger partial charge < -0.3 is 5.32 Å². The molecule has 0 bridgehead atoms. The van der Waals surface area contributed by atoms with Crippen LogP contribution in [0, 0.1) is 19.7 Å². The van der Waals surface area contributed by atoms with Gasteiger partial charge >= 0.3 is 0 Å². The molecule has 0 radical (unpaired) electrons. The lowest BCUT2D eigenvalue weighted by Gasteiger charge is -2.15. The lowest BCUT2D eigenvalue weighted by molar-refractivity contribution is 0.559. The van der Waals surface area contributed by atoms with Crippen LogP contribution in [-0.4, -0.2) is 15.8 Å². The predicted octanol–water partition coefficient (Wildman–Crippen LogP) is 5.48. The van der Waals surface area contributed by atoms with E-state index in [4.69, 9.17) is 16.7 Å². The maximum absolute atomic E-state index is 13.2. The molecule has 0 amide bonds. The summed E-state index contributed by atoms with van der Waals surface area (Å²) in [6.45, 7) is 4.91. The van der Waals surface area contributed by atoms with E-state index in [-0.39, 0.29) is 5.82 Å². The molecule has 5 heteroatoms. The topological polar surface area (TPSA) is 29.9 Å². The maximum Gasteiger partial charge on any atom is 0.123 e. The summed E-state index contributed by atoms with van der Waals surface area (Å²) in [6, 6.07) is 14.7. The quantitative estimate of drug-likeness (QED) is 0.579. The molecule has 144 valence electrons. The number of nitrogens with zero attached hydrogens (tertiary/aromatic N) is 2. The second-order valence-electron chi connectivity index (χ2n) is 7.32. The predicted molar refractivity (Wildman–Crippen MR) is 112 cm³/mol. The van der Waals surface area contributed by atoms with Gasteiger partial charge in [0.15, 0.2) is 0 Å². The zero-order valence-corrected chi connectivity index (χ0v) is 16.7. The summed E-state index contributed by atoms with van der Waals surface area (Å²) in [5.74, 6) is 0.0870. The molecule has 0 spiro atoms. The van der Waals surface area contributed by atoms with Crippen molar-refractivity contribution >= 4 is 11.6 Å². The molecular formula is C23H23ClFN3. The van der Waals surface area contributed by atoms with E-state index in [1.165, 1.54) is 23.3 Å². The molecule has 0 saturated carbocycles. The lowest BCUT2D eigenvalue weighted by Crippen LogP contribution is -2.25. The van der Waals surface area contributed by atoms with Gasteiger partial charge in [-0.25, -0.2) is 9.07 Å². The molecule has 1 aromatic heterocycles. The highest BCUT2D eigenvalue weighted by atomic mass is 35.5. The minimum Gasteiger partial charge on any atom is -0.306 e. The van der Waals surface area contributed by atoms with Crippen molar-refractivity contribution in [1.29, 1.82) is 0 Å². The highest BCUT2D eigenvalue weighted by Crippen LogP contribution is 2.34. The van der Waals surface area contributed by atoms with E-state index < -0.39 is 0 Å². The van der Waals surface area contributed by atoms with Crippen LogP contribution in [0.2, 0.25) is 5.02 Å². The molecule has 2 aromatic carbocycles. The molecule has 1 heterocycles. The Labute approximate surface area is 169 Å². The molecule has 0 fully saturated rings. The first-order valence-electron chi connectivity index (χ1n) is 9.49. The lowest BCUT2D eigenvalue weighted by atomic mass is 9.96. The van der Waals surface area contributed by atoms with Crippen LogP contribution in [0.15, 0.2) is 60.7 Å². The van der Waals surface area contributed by atoms with Gasteiger partial charge in [0.05, 0.1) is 11.4 Å². The highest BCUT2D eigenvalue weighted by Gasteiger charge is 2.26. The van der Waals surface area contributed by atoms with Crippen molar-refractivity contribution in [2.45, 2.75) is 38.8 Å². The van der Waals surface area contributed by atoms with Gasteiger partial charge in [-0.15, -0.1) is 0 Å². The first kappa shape index (κ1) is 18.9. The fourth-order valence-corrected chi connectivity index (χ4v) is 4.20. The molecule has 28 heavy (non-hydrogen) atoms. The average Bonchev–Trinajstić information content (AvgIpc) is 3.25. The Balaban J connectivity index is 1.47. The molecule has 3 nitrogen and oxygen atoms in total. The standard InChI is InChI=1S/C23H23ClFN3/c1-15-23(16(2)28(27-15)22-10-7-20(25)8-11-22)18-6-9-21(13-18)26-14-17-4-3-5-19(24)12-17/h3-12,18,21,26H,13-14H2,1-2H3/t18-,21+/m0/s1. The van der Waals surface area contributed by atoms with Crippen molar-refractivity contribution in [2.24, 2.45) is 0 Å². The van der Waals surface area contributed by atoms with E-state index in [1.54, 1.807) is 12.1 Å². The van der Waals surface area contributed by atoms with Gasteiger partial charge in [-0.1, -0.05) is 35.9 Å². The molecule has 0 saturated heterocycles. The molecule has 0 aliphatic heterocycles. The largest absolute Gasteiger partial charge is 0.306 e. The smallest absolute Gasteiger partial charge is 0.123 e. The number of rotatable bonds is 5. The zero-order chi connectivity index (χ0) is 19.7. The second-order valence-corrected chi connectivity index (χ2v) is 7.75. The van der Waals surface area contributed by atoms with Crippen LogP contribution in [0.3, 0.4) is 0 Å². The van der Waals surface area contributed by atoms with Crippen molar-refractivity contribution in [2.75, 3.05) is 0 Å². The molecule has 3 aromatic rings. The minimum absolute atomic E-state index is 0.238. The number of nitrogens with one attached hydrogen (secondary N) is 1. The number of aromatic nitrogens is 2. The Hall–Kier alpha value is -2.43. The number of benzene rings is 2. The van der Waals surface area contributed by atoms with Gasteiger partial charge in [0.25, 0.3) is 0 Å². The van der Waals surface area contributed by atoms with E-state index >= 15 is 0 Å². The van der Waals surface area contributed by atoms with Crippen molar-refractivity contribution in [3.8, 4) is 5.69 Å². The first-order valence-corrected chi connectivity index (χ1v) is 9.87. The van der Waals surface area contributed by atoms with E-state index in [2.05, 4.69) is 30.5 Å². The third-order valence-corrected chi connectivity index (χ3v) is 5.57. The fraction of sp³-hybridized carbons (Fsp3) is 0.261. The molecule has 1 N–H and O–H groups in total. The van der Waals surface area contributed by atoms with Crippen molar-refractivity contribution < 1.29 is 4.39 Å². The Bertz CT molecular complexity index is 1010. The Kier molecular flexibility index (Phi) is 5.33. The normalized spacial score (nSPS) is 18.7. The average molecular weight is 396 g/mol. The van der Waals surface area contributed by atoms with Gasteiger partial charge in [-0.3, -0.25) is 0 Å². The van der Waals surface area contributed by atoms with Crippen LogP contribution >= 0.6 is 11.6 Å². The molecular weight excluding hydrogens is 373 g/mol. The summed E-state index contributed by atoms with van der Waals surface area (Å²) in [6.07, 6.45) is 5.50. The van der Waals surface area contributed by atoms with Gasteiger partial charge in [-0.05, 0) is 62.2 Å². The fourth-order valence-electron chi connectivity index (χ4n) is 3.99. The summed E-state index contributed by atoms with van der Waals surface area (Å²) < 4.78 is 15.1. The maximum atomic E-state index is 13.2. The Morgan fingerprint density at radius 2 is 1.93 bits per heavy atom. The monoisotopic (exact) mass is 395 g/mol. The number of hydrogen-bond donors (Lipinski definition) is 1. The van der Waals surface area contributed by atoms with Crippen LogP contribution in [0.5, 0.6) is 0 Å². The van der Waals surface area contributed by atoms with E-state index in [0.29, 0.717) is 12.0 Å². The van der Waals surface area contributed by atoms with Crippen LogP contribution in [0.25, 0.3) is 5.69 Å². The number of hydrogen-bond acceptors (Lipinski definition) is 2. The van der Waals surface area contributed by atoms with Gasteiger partial charge in [-0.2, -0.15) is 5.10 Å². The summed E-state index contributed by atoms with van der Waals surface area (Å²) in [7, 11) is 0. The van der Waals surface area contributed by atoms with Gasteiger partial charge in [0, 0.05) is 34.8 Å². The summed E-state index contributed by atoms with van der Waals surface area (Å²) >= 11 is 6.07. The van der Waals surface area contributed by atoms with E-state index in [0.717, 1.165) is 35.1 Å². The third kappa shape index (κ3) is 3.89. The van der Waals surface area contributed by atoms with Crippen LogP contribution in [0.4, 0.5) is 4.39 Å². The van der Waals surface area contributed by atoms with Crippen LogP contribution < -0.4 is 5.32 Å². The zero-order valence-electron chi connectivity index (χ0n) is 16.0. The van der Waals surface area contributed by atoms with Gasteiger partial charge in [0.1, 0.15) is 5.82 Å². The van der Waals surface area contributed by atoms with Gasteiger partial charge in [0.2, 0.25) is 0 Å². The summed E-state index contributed by atoms with van der Waals surface area (Å²) in [4.78, 5) is 0. The van der Waals surface area contributed by atoms with Crippen LogP contribution in [0.1, 0.15) is 34.9 Å². The number of allylic oxidation sites excluding steroid dienone is 1. The summed E-state index contributed by atoms with van der Waals surface area (Å²) in [5, 5.41) is 9.06. The van der Waals surface area contributed by atoms with E-state index in [1.807, 2.05) is 29.8 Å². The van der Waals surface area contributed by atoms with Crippen molar-refractivity contribution in [1.82, 2.24) is 15.1 Å². The third-order valence-electron chi connectivity index (χ3n) is 5.33. The minimum atomic E-state index is -0.238. The number of aryl methyl sites for hydroxylation is 1. The SMILES string of the molecule is Cc1nn(-c2ccc(F)cc2)c(C)c1[C@H]1C=C[C@@H](NCc2cccc(Cl)c2)C1. The first-order chi connectivity index (χ1) is 13.5. The van der Waals surface area contributed by atoms with Crippen LogP contribution in [-0.2, 0) is 6.54 Å². The number of halogens is 2. The molecule has 1 aliphatic rings. The molecule has 4 rings (SSSR count). The van der Waals surface area contributed by atoms with Crippen molar-refractivity contribution in [3.05, 3.63) is 94.0 Å². The molecule has 1 aliphatic carbocycles. The molecule has 0 unspecified atom stereocenters. The second kappa shape index (κ2) is 7.90. The summed E-state index contributed by atoms with van der Waals surface area (Å²) in [5.41, 5.74) is 5.44. The van der Waals surface area contributed by atoms with Crippen molar-refractivity contribution in [3.63, 3.8) is 0 Å². The Morgan fingerprint density at radius 1 is 1.14 bits per heavy atom. The van der Waals surface area contributed by atoms with E-state index in [9.17, 15) is 4.39 Å². The Morgan fingerprint density at radius 3 is 2.68 bits per heavy atom.